The Labute approximate surface area is 149 Å². The SMILES string of the molecule is NC(=[SH+])[N-]N=C(c1ccccc1)c1ccccn1.[Cl][Rh][Cl].[OH-]. The molecule has 0 aliphatic rings. The van der Waals surface area contributed by atoms with Crippen molar-refractivity contribution in [2.24, 2.45) is 10.8 Å². The van der Waals surface area contributed by atoms with Gasteiger partial charge in [-0.25, -0.2) is 0 Å². The molecule has 0 aliphatic carbocycles. The minimum atomic E-state index is -0.226. The third-order valence-corrected chi connectivity index (χ3v) is 2.30. The summed E-state index contributed by atoms with van der Waals surface area (Å²) in [7, 11) is 9.67. The van der Waals surface area contributed by atoms with E-state index in [0.29, 0.717) is 5.71 Å². The molecule has 2 rings (SSSR count). The summed E-state index contributed by atoms with van der Waals surface area (Å²) < 4.78 is 0. The van der Waals surface area contributed by atoms with Gasteiger partial charge >= 0.3 is 34.5 Å². The molecule has 1 heterocycles. The number of aromatic nitrogens is 1. The summed E-state index contributed by atoms with van der Waals surface area (Å²) in [5.74, 6) is 0. The normalized spacial score (nSPS) is 10.0. The average molecular weight is 447 g/mol. The fourth-order valence-corrected chi connectivity index (χ4v) is 1.50. The third kappa shape index (κ3) is 7.89. The Morgan fingerprint density at radius 2 is 1.73 bits per heavy atom. The summed E-state index contributed by atoms with van der Waals surface area (Å²) in [6.07, 6.45) is 1.71. The topological polar surface area (TPSA) is 95.4 Å². The molecular formula is C13H13Cl2N4ORhS-. The summed E-state index contributed by atoms with van der Waals surface area (Å²) in [5, 5.41) is 4.21. The van der Waals surface area contributed by atoms with E-state index in [4.69, 9.17) is 25.1 Å². The summed E-state index contributed by atoms with van der Waals surface area (Å²) >= 11 is 3.67. The molecule has 22 heavy (non-hydrogen) atoms. The molecule has 0 atom stereocenters. The van der Waals surface area contributed by atoms with Crippen LogP contribution >= 0.6 is 19.4 Å². The first-order valence-electron chi connectivity index (χ1n) is 5.59. The second kappa shape index (κ2) is 12.6. The van der Waals surface area contributed by atoms with Crippen molar-refractivity contribution in [3.05, 3.63) is 71.4 Å². The maximum Gasteiger partial charge on any atom is -0.870 e. The standard InChI is InChI=1S/C13H12N4S.2ClH.H2O.Rh/c14-13(18)17-16-12(10-6-2-1-3-7-10)11-8-4-5-9-15-11;;;;/h1-9H,(H3,14,15,17,18);2*1H;1H2;/q;;;;+2/p-3. The van der Waals surface area contributed by atoms with E-state index in [1.165, 1.54) is 0 Å². The number of rotatable bonds is 3. The summed E-state index contributed by atoms with van der Waals surface area (Å²) in [4.78, 5) is 4.27. The van der Waals surface area contributed by atoms with Crippen LogP contribution < -0.4 is 5.73 Å². The Balaban J connectivity index is 0.00000102. The van der Waals surface area contributed by atoms with Crippen LogP contribution in [0.1, 0.15) is 11.3 Å². The monoisotopic (exact) mass is 446 g/mol. The molecule has 5 nitrogen and oxygen atoms in total. The van der Waals surface area contributed by atoms with Gasteiger partial charge in [-0.3, -0.25) is 10.7 Å². The van der Waals surface area contributed by atoms with Gasteiger partial charge in [0, 0.05) is 11.8 Å². The van der Waals surface area contributed by atoms with Crippen molar-refractivity contribution >= 4 is 42.4 Å². The van der Waals surface area contributed by atoms with Gasteiger partial charge < -0.3 is 16.0 Å². The first kappa shape index (κ1) is 21.1. The second-order valence-electron chi connectivity index (χ2n) is 3.54. The fraction of sp³-hybridized carbons (Fsp3) is 0. The summed E-state index contributed by atoms with van der Waals surface area (Å²) in [5.41, 5.74) is 11.5. The fourth-order valence-electron chi connectivity index (χ4n) is 1.46. The van der Waals surface area contributed by atoms with Gasteiger partial charge in [0.25, 0.3) is 0 Å². The van der Waals surface area contributed by atoms with E-state index < -0.39 is 0 Å². The summed E-state index contributed by atoms with van der Waals surface area (Å²) in [6.45, 7) is 0. The number of hydrogen-bond donors (Lipinski definition) is 1. The second-order valence-corrected chi connectivity index (χ2v) is 6.48. The molecule has 2 aromatic rings. The van der Waals surface area contributed by atoms with E-state index >= 15 is 0 Å². The Kier molecular flexibility index (Phi) is 12.0. The van der Waals surface area contributed by atoms with Crippen molar-refractivity contribution in [1.82, 2.24) is 4.98 Å². The molecule has 0 bridgehead atoms. The Morgan fingerprint density at radius 1 is 1.14 bits per heavy atom. The van der Waals surface area contributed by atoms with Crippen LogP contribution in [-0.4, -0.2) is 21.3 Å². The number of halogens is 2. The molecule has 9 heteroatoms. The van der Waals surface area contributed by atoms with E-state index in [-0.39, 0.29) is 25.7 Å². The predicted molar refractivity (Wildman–Crippen MR) is 91.3 cm³/mol. The first-order chi connectivity index (χ1) is 10.2. The van der Waals surface area contributed by atoms with Crippen LogP contribution in [-0.2, 0) is 27.4 Å². The molecule has 1 aromatic heterocycles. The number of pyridine rings is 1. The van der Waals surface area contributed by atoms with Crippen molar-refractivity contribution in [3.63, 3.8) is 0 Å². The van der Waals surface area contributed by atoms with Crippen LogP contribution in [0.15, 0.2) is 59.8 Å². The molecule has 0 saturated carbocycles. The molecule has 0 aliphatic heterocycles. The zero-order valence-electron chi connectivity index (χ0n) is 11.1. The molecule has 121 valence electrons. The number of nitrogens with two attached hydrogens (primary N) is 1. The van der Waals surface area contributed by atoms with Crippen LogP contribution in [0.2, 0.25) is 0 Å². The zero-order chi connectivity index (χ0) is 15.5. The average Bonchev–Trinajstić information content (AvgIpc) is 2.50. The van der Waals surface area contributed by atoms with Crippen LogP contribution in [0.4, 0.5) is 0 Å². The van der Waals surface area contributed by atoms with Crippen molar-refractivity contribution < 1.29 is 20.6 Å². The van der Waals surface area contributed by atoms with E-state index in [0.717, 1.165) is 11.3 Å². The van der Waals surface area contributed by atoms with E-state index in [2.05, 4.69) is 27.7 Å². The zero-order valence-corrected chi connectivity index (χ0v) is 15.1. The van der Waals surface area contributed by atoms with Crippen molar-refractivity contribution in [2.45, 2.75) is 0 Å². The Hall–Kier alpha value is -0.947. The largest absolute Gasteiger partial charge is 0.870 e. The van der Waals surface area contributed by atoms with Gasteiger partial charge in [-0.15, -0.1) is 0 Å². The minimum Gasteiger partial charge on any atom is -0.870 e. The minimum absolute atomic E-state index is 0. The third-order valence-electron chi connectivity index (χ3n) is 2.21. The smallest absolute Gasteiger partial charge is 0.870 e. The van der Waals surface area contributed by atoms with Gasteiger partial charge in [-0.2, -0.15) is 0 Å². The quantitative estimate of drug-likeness (QED) is 0.196. The molecule has 0 spiro atoms. The van der Waals surface area contributed by atoms with Crippen LogP contribution in [0.3, 0.4) is 0 Å². The van der Waals surface area contributed by atoms with Gasteiger partial charge in [0.2, 0.25) is 0 Å². The van der Waals surface area contributed by atoms with Gasteiger partial charge in [-0.1, -0.05) is 36.4 Å². The molecule has 0 fully saturated rings. The molecule has 1 aromatic carbocycles. The number of hydrogen-bond acceptors (Lipinski definition) is 3. The number of thiol groups is 1. The van der Waals surface area contributed by atoms with Gasteiger partial charge in [-0.05, 0) is 12.1 Å². The molecule has 0 saturated heterocycles. The van der Waals surface area contributed by atoms with Crippen LogP contribution in [0.25, 0.3) is 5.43 Å². The molecule has 3 N–H and O–H groups in total. The number of benzene rings is 1. The van der Waals surface area contributed by atoms with Crippen molar-refractivity contribution in [3.8, 4) is 0 Å². The maximum absolute atomic E-state index is 5.38. The van der Waals surface area contributed by atoms with Crippen molar-refractivity contribution in [2.75, 3.05) is 0 Å². The van der Waals surface area contributed by atoms with Crippen molar-refractivity contribution in [1.29, 1.82) is 0 Å². The molecule has 0 radical (unpaired) electrons. The molecular weight excluding hydrogens is 434 g/mol. The van der Waals surface area contributed by atoms with Gasteiger partial charge in [0.05, 0.1) is 11.4 Å². The maximum atomic E-state index is 5.38. The van der Waals surface area contributed by atoms with E-state index in [9.17, 15) is 0 Å². The Morgan fingerprint density at radius 3 is 2.23 bits per heavy atom. The number of nitrogens with zero attached hydrogens (tertiary/aromatic N) is 3. The molecule has 0 unspecified atom stereocenters. The van der Waals surface area contributed by atoms with E-state index in [1.54, 1.807) is 6.20 Å². The first-order valence-corrected chi connectivity index (χ1v) is 10.3. The summed E-state index contributed by atoms with van der Waals surface area (Å²) in [6, 6.07) is 15.3. The van der Waals surface area contributed by atoms with Crippen LogP contribution in [0, 0.1) is 0 Å². The van der Waals surface area contributed by atoms with Gasteiger partial charge in [0.1, 0.15) is 0 Å². The molecule has 0 amide bonds. The predicted octanol–water partition coefficient (Wildman–Crippen LogP) is 2.73. The van der Waals surface area contributed by atoms with E-state index in [1.807, 2.05) is 48.5 Å². The van der Waals surface area contributed by atoms with Gasteiger partial charge in [0.15, 0.2) is 17.3 Å². The van der Waals surface area contributed by atoms with Crippen LogP contribution in [0.5, 0.6) is 0 Å². The Bertz CT molecular complexity index is 546.